The molecule has 2 heterocycles. The number of aromatic nitrogens is 1. The molecule has 5 aromatic carbocycles. The molecule has 2 nitrogen and oxygen atoms in total. The van der Waals surface area contributed by atoms with Crippen LogP contribution in [0.1, 0.15) is 5.56 Å². The highest BCUT2D eigenvalue weighted by molar-refractivity contribution is 6.14. The van der Waals surface area contributed by atoms with Gasteiger partial charge in [0.1, 0.15) is 11.2 Å². The van der Waals surface area contributed by atoms with Gasteiger partial charge in [0.15, 0.2) is 0 Å². The first-order valence-corrected chi connectivity index (χ1v) is 11.3. The molecule has 0 aliphatic carbocycles. The molecule has 2 heteroatoms. The van der Waals surface area contributed by atoms with Crippen LogP contribution in [0.4, 0.5) is 0 Å². The summed E-state index contributed by atoms with van der Waals surface area (Å²) in [6.45, 7) is 2.13. The first kappa shape index (κ1) is 18.3. The molecular formula is C31H21NO. The second-order valence-electron chi connectivity index (χ2n) is 8.70. The van der Waals surface area contributed by atoms with E-state index in [1.165, 1.54) is 38.5 Å². The molecule has 7 rings (SSSR count). The van der Waals surface area contributed by atoms with Gasteiger partial charge in [-0.15, -0.1) is 0 Å². The molecule has 156 valence electrons. The van der Waals surface area contributed by atoms with E-state index in [4.69, 9.17) is 4.42 Å². The van der Waals surface area contributed by atoms with Crippen LogP contribution >= 0.6 is 0 Å². The molecule has 0 bridgehead atoms. The lowest BCUT2D eigenvalue weighted by molar-refractivity contribution is 0.669. The summed E-state index contributed by atoms with van der Waals surface area (Å²) in [6, 6.07) is 38.9. The zero-order valence-corrected chi connectivity index (χ0v) is 18.2. The van der Waals surface area contributed by atoms with Gasteiger partial charge in [0.25, 0.3) is 0 Å². The van der Waals surface area contributed by atoms with E-state index in [1.807, 2.05) is 12.1 Å². The molecule has 0 N–H and O–H groups in total. The van der Waals surface area contributed by atoms with E-state index < -0.39 is 0 Å². The first-order valence-electron chi connectivity index (χ1n) is 11.3. The van der Waals surface area contributed by atoms with Gasteiger partial charge in [0.2, 0.25) is 0 Å². The van der Waals surface area contributed by atoms with E-state index in [9.17, 15) is 0 Å². The number of para-hydroxylation sites is 2. The second-order valence-corrected chi connectivity index (χ2v) is 8.70. The number of fused-ring (bicyclic) bond motifs is 6. The Morgan fingerprint density at radius 2 is 1.24 bits per heavy atom. The molecule has 0 saturated heterocycles. The summed E-state index contributed by atoms with van der Waals surface area (Å²) in [7, 11) is 0. The minimum atomic E-state index is 0.913. The van der Waals surface area contributed by atoms with Crippen LogP contribution in [-0.2, 0) is 0 Å². The van der Waals surface area contributed by atoms with Crippen LogP contribution in [0.2, 0.25) is 0 Å². The van der Waals surface area contributed by atoms with Crippen molar-refractivity contribution in [2.75, 3.05) is 0 Å². The molecule has 2 aromatic heterocycles. The van der Waals surface area contributed by atoms with Crippen molar-refractivity contribution in [1.82, 2.24) is 4.57 Å². The van der Waals surface area contributed by atoms with Gasteiger partial charge in [0, 0.05) is 16.2 Å². The molecule has 0 fully saturated rings. The molecule has 33 heavy (non-hydrogen) atoms. The normalized spacial score (nSPS) is 11.8. The SMILES string of the molecule is Cc1ccc(-c2ccc3c(c2)c2ccccc2n3-c2cccc3oc4ccccc4c23)cc1. The average Bonchev–Trinajstić information content (AvgIpc) is 3.40. The van der Waals surface area contributed by atoms with Crippen LogP contribution in [-0.4, -0.2) is 4.57 Å². The van der Waals surface area contributed by atoms with Gasteiger partial charge in [-0.2, -0.15) is 0 Å². The van der Waals surface area contributed by atoms with Crippen LogP contribution in [0.15, 0.2) is 114 Å². The molecule has 0 aliphatic rings. The number of benzene rings is 5. The van der Waals surface area contributed by atoms with E-state index in [2.05, 4.69) is 109 Å². The smallest absolute Gasteiger partial charge is 0.137 e. The minimum absolute atomic E-state index is 0.913. The van der Waals surface area contributed by atoms with Gasteiger partial charge in [0.05, 0.1) is 22.1 Å². The third-order valence-corrected chi connectivity index (χ3v) is 6.68. The maximum absolute atomic E-state index is 6.19. The van der Waals surface area contributed by atoms with E-state index in [0.29, 0.717) is 0 Å². The molecule has 0 spiro atoms. The van der Waals surface area contributed by atoms with Gasteiger partial charge < -0.3 is 8.98 Å². The fourth-order valence-corrected chi connectivity index (χ4v) is 5.10. The molecule has 7 aromatic rings. The Balaban J connectivity index is 1.58. The Hall–Kier alpha value is -4.30. The van der Waals surface area contributed by atoms with Crippen LogP contribution in [0.3, 0.4) is 0 Å². The summed E-state index contributed by atoms with van der Waals surface area (Å²) >= 11 is 0. The van der Waals surface area contributed by atoms with Crippen molar-refractivity contribution in [1.29, 1.82) is 0 Å². The van der Waals surface area contributed by atoms with Gasteiger partial charge >= 0.3 is 0 Å². The van der Waals surface area contributed by atoms with Crippen molar-refractivity contribution < 1.29 is 4.42 Å². The van der Waals surface area contributed by atoms with E-state index in [1.54, 1.807) is 0 Å². The highest BCUT2D eigenvalue weighted by Gasteiger charge is 2.17. The highest BCUT2D eigenvalue weighted by atomic mass is 16.3. The quantitative estimate of drug-likeness (QED) is 0.272. The average molecular weight is 424 g/mol. The van der Waals surface area contributed by atoms with E-state index in [0.717, 1.165) is 27.6 Å². The topological polar surface area (TPSA) is 18.1 Å². The molecule has 0 amide bonds. The summed E-state index contributed by atoms with van der Waals surface area (Å²) in [5, 5.41) is 4.81. The van der Waals surface area contributed by atoms with Gasteiger partial charge in [-0.25, -0.2) is 0 Å². The van der Waals surface area contributed by atoms with E-state index >= 15 is 0 Å². The third kappa shape index (κ3) is 2.68. The van der Waals surface area contributed by atoms with Crippen LogP contribution < -0.4 is 0 Å². The maximum Gasteiger partial charge on any atom is 0.137 e. The second kappa shape index (κ2) is 6.85. The monoisotopic (exact) mass is 423 g/mol. The lowest BCUT2D eigenvalue weighted by Gasteiger charge is -2.10. The minimum Gasteiger partial charge on any atom is -0.456 e. The van der Waals surface area contributed by atoms with Gasteiger partial charge in [-0.1, -0.05) is 78.4 Å². The van der Waals surface area contributed by atoms with Crippen molar-refractivity contribution in [3.63, 3.8) is 0 Å². The summed E-state index contributed by atoms with van der Waals surface area (Å²) in [6.07, 6.45) is 0. The lowest BCUT2D eigenvalue weighted by Crippen LogP contribution is -1.94. The predicted octanol–water partition coefficient (Wildman–Crippen LogP) is 8.66. The summed E-state index contributed by atoms with van der Waals surface area (Å²) < 4.78 is 8.57. The van der Waals surface area contributed by atoms with Gasteiger partial charge in [-0.3, -0.25) is 0 Å². The van der Waals surface area contributed by atoms with Crippen LogP contribution in [0, 0.1) is 6.92 Å². The molecule has 0 saturated carbocycles. The molecule has 0 aliphatic heterocycles. The molecular weight excluding hydrogens is 402 g/mol. The number of furan rings is 1. The number of rotatable bonds is 2. The third-order valence-electron chi connectivity index (χ3n) is 6.68. The Labute approximate surface area is 191 Å². The van der Waals surface area contributed by atoms with Crippen molar-refractivity contribution in [2.24, 2.45) is 0 Å². The first-order chi connectivity index (χ1) is 16.3. The van der Waals surface area contributed by atoms with Crippen LogP contribution in [0.5, 0.6) is 0 Å². The Bertz CT molecular complexity index is 1820. The lowest BCUT2D eigenvalue weighted by atomic mass is 10.0. The van der Waals surface area contributed by atoms with Crippen molar-refractivity contribution >= 4 is 43.7 Å². The Kier molecular flexibility index (Phi) is 3.80. The van der Waals surface area contributed by atoms with Crippen molar-refractivity contribution in [3.8, 4) is 16.8 Å². The number of hydrogen-bond donors (Lipinski definition) is 0. The number of aryl methyl sites for hydroxylation is 1. The Morgan fingerprint density at radius 3 is 2.12 bits per heavy atom. The molecule has 0 atom stereocenters. The molecule has 0 radical (unpaired) electrons. The van der Waals surface area contributed by atoms with Crippen molar-refractivity contribution in [3.05, 3.63) is 115 Å². The summed E-state index contributed by atoms with van der Waals surface area (Å²) in [4.78, 5) is 0. The van der Waals surface area contributed by atoms with Crippen LogP contribution in [0.25, 0.3) is 60.6 Å². The summed E-state index contributed by atoms with van der Waals surface area (Å²) in [5.74, 6) is 0. The van der Waals surface area contributed by atoms with E-state index in [-0.39, 0.29) is 0 Å². The fourth-order valence-electron chi connectivity index (χ4n) is 5.10. The zero-order valence-electron chi connectivity index (χ0n) is 18.2. The predicted molar refractivity (Wildman–Crippen MR) is 138 cm³/mol. The largest absolute Gasteiger partial charge is 0.456 e. The molecule has 0 unspecified atom stereocenters. The summed E-state index contributed by atoms with van der Waals surface area (Å²) in [5.41, 5.74) is 9.12. The zero-order chi connectivity index (χ0) is 21.9. The number of nitrogens with zero attached hydrogens (tertiary/aromatic N) is 1. The maximum atomic E-state index is 6.19. The standard InChI is InChI=1S/C31H21NO/c1-20-13-15-21(16-14-20)22-17-18-27-25(19-22)23-7-2-4-9-26(23)32(27)28-10-6-12-30-31(28)24-8-3-5-11-29(24)33-30/h2-19H,1H3. The Morgan fingerprint density at radius 1 is 0.545 bits per heavy atom. The van der Waals surface area contributed by atoms with Gasteiger partial charge in [-0.05, 0) is 54.4 Å². The van der Waals surface area contributed by atoms with Crippen molar-refractivity contribution in [2.45, 2.75) is 6.92 Å². The fraction of sp³-hybridized carbons (Fsp3) is 0.0323. The number of hydrogen-bond acceptors (Lipinski definition) is 1. The highest BCUT2D eigenvalue weighted by Crippen LogP contribution is 2.39.